The molecule has 1 atom stereocenters. The Kier molecular flexibility index (Phi) is 6.51. The van der Waals surface area contributed by atoms with Crippen LogP contribution < -0.4 is 5.32 Å². The van der Waals surface area contributed by atoms with Crippen LogP contribution in [0.1, 0.15) is 20.3 Å². The maximum absolute atomic E-state index is 5.01. The van der Waals surface area contributed by atoms with E-state index in [4.69, 9.17) is 9.47 Å². The van der Waals surface area contributed by atoms with Crippen molar-refractivity contribution < 1.29 is 9.47 Å². The predicted molar refractivity (Wildman–Crippen MR) is 45.6 cm³/mol. The molecule has 0 spiro atoms. The van der Waals surface area contributed by atoms with Crippen molar-refractivity contribution in [2.45, 2.75) is 32.6 Å². The lowest BCUT2D eigenvalue weighted by atomic mass is 10.2. The summed E-state index contributed by atoms with van der Waals surface area (Å²) < 4.78 is 10.0. The van der Waals surface area contributed by atoms with Crippen LogP contribution in [0.3, 0.4) is 0 Å². The predicted octanol–water partition coefficient (Wildman–Crippen LogP) is 0.993. The topological polar surface area (TPSA) is 30.5 Å². The lowest BCUT2D eigenvalue weighted by Crippen LogP contribution is -2.35. The summed E-state index contributed by atoms with van der Waals surface area (Å²) in [5.74, 6) is 0. The summed E-state index contributed by atoms with van der Waals surface area (Å²) in [6.45, 7) is 5.04. The van der Waals surface area contributed by atoms with Crippen LogP contribution in [0.4, 0.5) is 0 Å². The largest absolute Gasteiger partial charge is 0.355 e. The lowest BCUT2D eigenvalue weighted by Gasteiger charge is -2.17. The van der Waals surface area contributed by atoms with Gasteiger partial charge in [0.25, 0.3) is 0 Å². The van der Waals surface area contributed by atoms with Crippen molar-refractivity contribution in [1.82, 2.24) is 5.32 Å². The summed E-state index contributed by atoms with van der Waals surface area (Å²) in [4.78, 5) is 0. The van der Waals surface area contributed by atoms with Crippen LogP contribution in [0.25, 0.3) is 0 Å². The third-order valence-electron chi connectivity index (χ3n) is 1.77. The summed E-state index contributed by atoms with van der Waals surface area (Å²) in [6, 6.07) is 0.530. The number of methoxy groups -OCH3 is 2. The van der Waals surface area contributed by atoms with Gasteiger partial charge in [0.15, 0.2) is 6.29 Å². The van der Waals surface area contributed by atoms with Gasteiger partial charge in [-0.05, 0) is 13.3 Å². The van der Waals surface area contributed by atoms with Crippen molar-refractivity contribution >= 4 is 0 Å². The minimum atomic E-state index is -0.121. The molecule has 0 radical (unpaired) electrons. The molecule has 0 heterocycles. The minimum absolute atomic E-state index is 0.121. The number of hydrogen-bond acceptors (Lipinski definition) is 3. The van der Waals surface area contributed by atoms with Gasteiger partial charge in [0, 0.05) is 26.8 Å². The van der Waals surface area contributed by atoms with Gasteiger partial charge in [0.2, 0.25) is 0 Å². The third-order valence-corrected chi connectivity index (χ3v) is 1.77. The third kappa shape index (κ3) is 5.18. The highest BCUT2D eigenvalue weighted by Crippen LogP contribution is 1.91. The molecule has 3 heteroatoms. The van der Waals surface area contributed by atoms with E-state index in [0.717, 1.165) is 13.0 Å². The zero-order valence-electron chi connectivity index (χ0n) is 7.89. The summed E-state index contributed by atoms with van der Waals surface area (Å²) >= 11 is 0. The minimum Gasteiger partial charge on any atom is -0.355 e. The quantitative estimate of drug-likeness (QED) is 0.589. The summed E-state index contributed by atoms with van der Waals surface area (Å²) in [6.07, 6.45) is 1.00. The van der Waals surface area contributed by atoms with Gasteiger partial charge in [0.1, 0.15) is 0 Å². The standard InChI is InChI=1S/C8H19NO2/c1-5-7(2)9-6-8(10-3)11-4/h7-9H,5-6H2,1-4H3/t7-/m1/s1. The monoisotopic (exact) mass is 161 g/mol. The van der Waals surface area contributed by atoms with Gasteiger partial charge < -0.3 is 14.8 Å². The van der Waals surface area contributed by atoms with Crippen LogP contribution in [0.15, 0.2) is 0 Å². The Morgan fingerprint density at radius 2 is 1.82 bits per heavy atom. The van der Waals surface area contributed by atoms with Crippen molar-refractivity contribution in [2.24, 2.45) is 0 Å². The molecule has 0 saturated heterocycles. The fraction of sp³-hybridized carbons (Fsp3) is 1.00. The highest BCUT2D eigenvalue weighted by atomic mass is 16.7. The SMILES string of the molecule is CC[C@@H](C)NCC(OC)OC. The lowest BCUT2D eigenvalue weighted by molar-refractivity contribution is -0.0997. The second-order valence-corrected chi connectivity index (χ2v) is 2.62. The number of ether oxygens (including phenoxy) is 2. The molecule has 0 saturated carbocycles. The summed E-state index contributed by atoms with van der Waals surface area (Å²) in [7, 11) is 3.29. The second kappa shape index (κ2) is 6.58. The molecule has 0 aliphatic heterocycles. The molecule has 11 heavy (non-hydrogen) atoms. The summed E-state index contributed by atoms with van der Waals surface area (Å²) in [5, 5.41) is 3.28. The van der Waals surface area contributed by atoms with Crippen molar-refractivity contribution in [3.8, 4) is 0 Å². The fourth-order valence-electron chi connectivity index (χ4n) is 0.705. The van der Waals surface area contributed by atoms with Gasteiger partial charge in [-0.1, -0.05) is 6.92 Å². The molecule has 68 valence electrons. The number of hydrogen-bond donors (Lipinski definition) is 1. The second-order valence-electron chi connectivity index (χ2n) is 2.62. The van der Waals surface area contributed by atoms with Crippen molar-refractivity contribution in [2.75, 3.05) is 20.8 Å². The Morgan fingerprint density at radius 1 is 1.27 bits per heavy atom. The first-order valence-corrected chi connectivity index (χ1v) is 4.03. The first-order valence-electron chi connectivity index (χ1n) is 4.03. The molecule has 0 rings (SSSR count). The zero-order chi connectivity index (χ0) is 8.69. The van der Waals surface area contributed by atoms with E-state index in [-0.39, 0.29) is 6.29 Å². The molecule has 0 aliphatic rings. The van der Waals surface area contributed by atoms with E-state index < -0.39 is 0 Å². The van der Waals surface area contributed by atoms with Gasteiger partial charge in [-0.15, -0.1) is 0 Å². The molecule has 1 N–H and O–H groups in total. The maximum Gasteiger partial charge on any atom is 0.169 e. The Labute approximate surface area is 69.1 Å². The molecule has 0 aromatic heterocycles. The first-order chi connectivity index (χ1) is 5.24. The van der Waals surface area contributed by atoms with Gasteiger partial charge in [0.05, 0.1) is 0 Å². The van der Waals surface area contributed by atoms with Crippen LogP contribution in [0.2, 0.25) is 0 Å². The molecular weight excluding hydrogens is 142 g/mol. The molecule has 3 nitrogen and oxygen atoms in total. The molecule has 0 bridgehead atoms. The van der Waals surface area contributed by atoms with Crippen molar-refractivity contribution in [3.63, 3.8) is 0 Å². The van der Waals surface area contributed by atoms with E-state index in [2.05, 4.69) is 19.2 Å². The van der Waals surface area contributed by atoms with Gasteiger partial charge >= 0.3 is 0 Å². The first kappa shape index (κ1) is 10.9. The van der Waals surface area contributed by atoms with Crippen LogP contribution in [-0.2, 0) is 9.47 Å². The molecule has 0 aliphatic carbocycles. The van der Waals surface area contributed by atoms with Crippen LogP contribution in [0.5, 0.6) is 0 Å². The average Bonchev–Trinajstić information content (AvgIpc) is 2.06. The molecular formula is C8H19NO2. The molecule has 0 amide bonds. The smallest absolute Gasteiger partial charge is 0.169 e. The van der Waals surface area contributed by atoms with Gasteiger partial charge in [-0.2, -0.15) is 0 Å². The van der Waals surface area contributed by atoms with E-state index in [1.807, 2.05) is 0 Å². The molecule has 0 aromatic rings. The average molecular weight is 161 g/mol. The zero-order valence-corrected chi connectivity index (χ0v) is 7.89. The van der Waals surface area contributed by atoms with E-state index in [9.17, 15) is 0 Å². The Morgan fingerprint density at radius 3 is 2.18 bits per heavy atom. The van der Waals surface area contributed by atoms with Gasteiger partial charge in [-0.25, -0.2) is 0 Å². The number of rotatable bonds is 6. The highest BCUT2D eigenvalue weighted by Gasteiger charge is 2.05. The Hall–Kier alpha value is -0.120. The van der Waals surface area contributed by atoms with Gasteiger partial charge in [-0.3, -0.25) is 0 Å². The molecule has 0 aromatic carbocycles. The molecule has 0 unspecified atom stereocenters. The van der Waals surface area contributed by atoms with E-state index in [1.165, 1.54) is 0 Å². The normalized spacial score (nSPS) is 13.9. The van der Waals surface area contributed by atoms with E-state index >= 15 is 0 Å². The molecule has 0 fully saturated rings. The number of nitrogens with one attached hydrogen (secondary N) is 1. The fourth-order valence-corrected chi connectivity index (χ4v) is 0.705. The van der Waals surface area contributed by atoms with Crippen molar-refractivity contribution in [3.05, 3.63) is 0 Å². The van der Waals surface area contributed by atoms with E-state index in [0.29, 0.717) is 6.04 Å². The van der Waals surface area contributed by atoms with Crippen LogP contribution in [-0.4, -0.2) is 33.1 Å². The van der Waals surface area contributed by atoms with Crippen LogP contribution in [0, 0.1) is 0 Å². The summed E-state index contributed by atoms with van der Waals surface area (Å²) in [5.41, 5.74) is 0. The Balaban J connectivity index is 3.34. The van der Waals surface area contributed by atoms with E-state index in [1.54, 1.807) is 14.2 Å². The highest BCUT2D eigenvalue weighted by molar-refractivity contribution is 4.58. The van der Waals surface area contributed by atoms with Crippen molar-refractivity contribution in [1.29, 1.82) is 0 Å². The van der Waals surface area contributed by atoms with Crippen LogP contribution >= 0.6 is 0 Å². The Bertz CT molecular complexity index is 84.2. The maximum atomic E-state index is 5.01.